The molecule has 1 aromatic carbocycles. The van der Waals surface area contributed by atoms with E-state index in [1.165, 1.54) is 12.2 Å². The van der Waals surface area contributed by atoms with E-state index in [9.17, 15) is 9.59 Å². The van der Waals surface area contributed by atoms with Gasteiger partial charge in [-0.05, 0) is 12.2 Å². The summed E-state index contributed by atoms with van der Waals surface area (Å²) < 4.78 is 24.1. The van der Waals surface area contributed by atoms with Crippen LogP contribution in [0.15, 0.2) is 36.4 Å². The van der Waals surface area contributed by atoms with E-state index >= 15 is 0 Å². The van der Waals surface area contributed by atoms with Gasteiger partial charge in [0.2, 0.25) is 0 Å². The van der Waals surface area contributed by atoms with E-state index in [0.717, 1.165) is 0 Å². The zero-order chi connectivity index (χ0) is 12.1. The molecule has 17 heavy (non-hydrogen) atoms. The number of carbonyl (C=O) groups is 2. The summed E-state index contributed by atoms with van der Waals surface area (Å²) in [6.45, 7) is 0. The van der Waals surface area contributed by atoms with Crippen molar-refractivity contribution in [3.05, 3.63) is 47.5 Å². The van der Waals surface area contributed by atoms with Crippen LogP contribution in [-0.2, 0) is 11.4 Å². The first kappa shape index (κ1) is 16.4. The third-order valence-corrected chi connectivity index (χ3v) is 1.84. The van der Waals surface area contributed by atoms with E-state index in [1.54, 1.807) is 24.3 Å². The van der Waals surface area contributed by atoms with Crippen LogP contribution in [0, 0.1) is 0 Å². The molecule has 0 aromatic heterocycles. The summed E-state index contributed by atoms with van der Waals surface area (Å²) in [5.41, 5.74) is 1.01. The molecule has 0 bridgehead atoms. The molecule has 0 fully saturated rings. The fourth-order valence-corrected chi connectivity index (χ4v) is 1.24. The Balaban J connectivity index is 0.000000453. The van der Waals surface area contributed by atoms with Crippen molar-refractivity contribution in [2.24, 2.45) is 0 Å². The summed E-state index contributed by atoms with van der Waals surface area (Å²) in [5, 5.41) is 0. The van der Waals surface area contributed by atoms with Gasteiger partial charge in [-0.3, -0.25) is 9.59 Å². The molecule has 0 heterocycles. The summed E-state index contributed by atoms with van der Waals surface area (Å²) in [7, 11) is 0. The fourth-order valence-electron chi connectivity index (χ4n) is 1.24. The van der Waals surface area contributed by atoms with Crippen molar-refractivity contribution < 1.29 is 52.5 Å². The van der Waals surface area contributed by atoms with Crippen LogP contribution >= 0.6 is 0 Å². The zero-order valence-electron chi connectivity index (χ0n) is 8.95. The smallest absolute Gasteiger partial charge is 0.750 e. The monoisotopic (exact) mass is 262 g/mol. The summed E-state index contributed by atoms with van der Waals surface area (Å²) in [5.74, 6) is -0.185. The number of allylic oxidation sites excluding steroid dienone is 2. The summed E-state index contributed by atoms with van der Waals surface area (Å²) >= 11 is -2.86. The van der Waals surface area contributed by atoms with Crippen LogP contribution in [0.3, 0.4) is 0 Å². The van der Waals surface area contributed by atoms with Crippen molar-refractivity contribution in [3.8, 4) is 0 Å². The number of hydrogen-bond acceptors (Lipinski definition) is 4. The minimum absolute atomic E-state index is 0. The first-order valence-electron chi connectivity index (χ1n) is 4.16. The topological polar surface area (TPSA) is 94.5 Å². The van der Waals surface area contributed by atoms with Crippen LogP contribution < -0.4 is 29.6 Å². The SMILES string of the molecule is O=C1C=CC(=O)c2ccccc21.O=S([O-])O.[Na+]. The number of carbonyl (C=O) groups excluding carboxylic acids is 2. The van der Waals surface area contributed by atoms with Gasteiger partial charge >= 0.3 is 29.6 Å². The van der Waals surface area contributed by atoms with Gasteiger partial charge in [0, 0.05) is 11.1 Å². The zero-order valence-corrected chi connectivity index (χ0v) is 11.8. The van der Waals surface area contributed by atoms with Crippen molar-refractivity contribution in [2.45, 2.75) is 0 Å². The molecular formula is C10H7NaO5S. The van der Waals surface area contributed by atoms with Gasteiger partial charge in [-0.1, -0.05) is 24.3 Å². The van der Waals surface area contributed by atoms with Crippen molar-refractivity contribution in [1.29, 1.82) is 0 Å². The third-order valence-electron chi connectivity index (χ3n) is 1.84. The molecule has 7 heteroatoms. The Morgan fingerprint density at radius 1 is 1.00 bits per heavy atom. The molecule has 2 rings (SSSR count). The van der Waals surface area contributed by atoms with Crippen molar-refractivity contribution in [1.82, 2.24) is 0 Å². The van der Waals surface area contributed by atoms with E-state index in [0.29, 0.717) is 11.1 Å². The first-order chi connectivity index (χ1) is 7.52. The Labute approximate surface area is 122 Å². The molecule has 1 unspecified atom stereocenters. The first-order valence-corrected chi connectivity index (χ1v) is 5.19. The number of hydrogen-bond donors (Lipinski definition) is 1. The molecule has 1 aliphatic rings. The van der Waals surface area contributed by atoms with Crippen LogP contribution in [0.4, 0.5) is 0 Å². The van der Waals surface area contributed by atoms with Gasteiger partial charge in [0.05, 0.1) is 11.4 Å². The molecule has 1 aliphatic carbocycles. The third kappa shape index (κ3) is 5.03. The fraction of sp³-hybridized carbons (Fsp3) is 0. The Morgan fingerprint density at radius 3 is 1.59 bits per heavy atom. The van der Waals surface area contributed by atoms with Crippen LogP contribution in [-0.4, -0.2) is 24.9 Å². The van der Waals surface area contributed by atoms with Gasteiger partial charge in [0.15, 0.2) is 11.6 Å². The molecule has 0 spiro atoms. The second-order valence-electron chi connectivity index (χ2n) is 2.82. The quantitative estimate of drug-likeness (QED) is 0.429. The van der Waals surface area contributed by atoms with Gasteiger partial charge < -0.3 is 9.11 Å². The Kier molecular flexibility index (Phi) is 7.37. The van der Waals surface area contributed by atoms with Crippen LogP contribution in [0.25, 0.3) is 0 Å². The molecule has 0 amide bonds. The minimum atomic E-state index is -2.86. The van der Waals surface area contributed by atoms with Gasteiger partial charge in [0.1, 0.15) is 0 Å². The van der Waals surface area contributed by atoms with E-state index < -0.39 is 11.4 Å². The normalized spacial score (nSPS) is 14.0. The largest absolute Gasteiger partial charge is 1.00 e. The summed E-state index contributed by atoms with van der Waals surface area (Å²) in [4.78, 5) is 22.4. The summed E-state index contributed by atoms with van der Waals surface area (Å²) in [6.07, 6.45) is 2.62. The minimum Gasteiger partial charge on any atom is -0.750 e. The molecule has 1 N–H and O–H groups in total. The standard InChI is InChI=1S/C10H6O2.Na.H2O3S/c11-9-5-6-10(12)8-4-2-1-3-7(8)9;;1-4(2)3/h1-6H;;(H2,1,2,3)/q;+1;/p-1. The van der Waals surface area contributed by atoms with Gasteiger partial charge in [-0.2, -0.15) is 0 Å². The van der Waals surface area contributed by atoms with Crippen molar-refractivity contribution >= 4 is 22.9 Å². The molecular weight excluding hydrogens is 255 g/mol. The molecule has 0 radical (unpaired) electrons. The van der Waals surface area contributed by atoms with E-state index in [2.05, 4.69) is 0 Å². The molecule has 5 nitrogen and oxygen atoms in total. The predicted molar refractivity (Wildman–Crippen MR) is 55.8 cm³/mol. The Hall–Kier alpha value is -0.630. The Morgan fingerprint density at radius 2 is 1.29 bits per heavy atom. The number of ketones is 2. The van der Waals surface area contributed by atoms with E-state index in [1.807, 2.05) is 0 Å². The molecule has 1 atom stereocenters. The predicted octanol–water partition coefficient (Wildman–Crippen LogP) is -2.04. The molecule has 0 saturated heterocycles. The summed E-state index contributed by atoms with van der Waals surface area (Å²) in [6, 6.07) is 6.84. The average molecular weight is 262 g/mol. The van der Waals surface area contributed by atoms with E-state index in [4.69, 9.17) is 13.3 Å². The van der Waals surface area contributed by atoms with Gasteiger partial charge in [-0.15, -0.1) is 0 Å². The van der Waals surface area contributed by atoms with E-state index in [-0.39, 0.29) is 41.1 Å². The molecule has 0 saturated carbocycles. The second kappa shape index (κ2) is 7.65. The maximum atomic E-state index is 11.2. The Bertz CT molecular complexity index is 442. The second-order valence-corrected chi connectivity index (χ2v) is 3.26. The maximum absolute atomic E-state index is 11.2. The molecule has 0 aliphatic heterocycles. The number of benzene rings is 1. The average Bonchev–Trinajstić information content (AvgIpc) is 2.23. The van der Waals surface area contributed by atoms with Crippen LogP contribution in [0.1, 0.15) is 20.7 Å². The number of rotatable bonds is 0. The maximum Gasteiger partial charge on any atom is 1.00 e. The van der Waals surface area contributed by atoms with Crippen molar-refractivity contribution in [2.75, 3.05) is 0 Å². The van der Waals surface area contributed by atoms with Gasteiger partial charge in [0.25, 0.3) is 0 Å². The van der Waals surface area contributed by atoms with Crippen LogP contribution in [0.5, 0.6) is 0 Å². The molecule has 1 aromatic rings. The molecule has 84 valence electrons. The number of fused-ring (bicyclic) bond motifs is 1. The van der Waals surface area contributed by atoms with Crippen molar-refractivity contribution in [3.63, 3.8) is 0 Å². The van der Waals surface area contributed by atoms with Crippen LogP contribution in [0.2, 0.25) is 0 Å². The van der Waals surface area contributed by atoms with Gasteiger partial charge in [-0.25, -0.2) is 4.21 Å².